The molecule has 1 amide bonds. The molecule has 0 aromatic rings. The standard InChI is InChI=1S/C13H24N2O/c1-4-11-14-12(9(2)3)13(16)15(11)8-7-10-5-6-10/h9-12,14H,4-8H2,1-3H3. The smallest absolute Gasteiger partial charge is 0.241 e. The SMILES string of the molecule is CCC1NC(C(C)C)C(=O)N1CCC1CC1. The van der Waals surface area contributed by atoms with E-state index in [-0.39, 0.29) is 12.2 Å². The summed E-state index contributed by atoms with van der Waals surface area (Å²) in [5.74, 6) is 1.62. The Kier molecular flexibility index (Phi) is 3.53. The molecule has 92 valence electrons. The van der Waals surface area contributed by atoms with Crippen molar-refractivity contribution in [1.82, 2.24) is 10.2 Å². The lowest BCUT2D eigenvalue weighted by Crippen LogP contribution is -2.37. The average molecular weight is 224 g/mol. The molecule has 1 N–H and O–H groups in total. The van der Waals surface area contributed by atoms with Crippen LogP contribution in [-0.2, 0) is 4.79 Å². The summed E-state index contributed by atoms with van der Waals surface area (Å²) in [7, 11) is 0. The number of carbonyl (C=O) groups is 1. The second-order valence-corrected chi connectivity index (χ2v) is 5.58. The lowest BCUT2D eigenvalue weighted by atomic mass is 10.1. The molecule has 3 heteroatoms. The molecule has 16 heavy (non-hydrogen) atoms. The van der Waals surface area contributed by atoms with Gasteiger partial charge in [0.25, 0.3) is 0 Å². The van der Waals surface area contributed by atoms with Gasteiger partial charge >= 0.3 is 0 Å². The van der Waals surface area contributed by atoms with E-state index in [9.17, 15) is 4.79 Å². The van der Waals surface area contributed by atoms with Gasteiger partial charge in [-0.05, 0) is 24.7 Å². The van der Waals surface area contributed by atoms with Crippen molar-refractivity contribution < 1.29 is 4.79 Å². The second kappa shape index (κ2) is 4.74. The van der Waals surface area contributed by atoms with Gasteiger partial charge in [-0.25, -0.2) is 0 Å². The first kappa shape index (κ1) is 11.9. The lowest BCUT2D eigenvalue weighted by Gasteiger charge is -2.22. The average Bonchev–Trinajstić information content (AvgIpc) is 3.00. The van der Waals surface area contributed by atoms with Crippen LogP contribution in [0.1, 0.15) is 46.5 Å². The van der Waals surface area contributed by atoms with Gasteiger partial charge in [-0.1, -0.05) is 33.6 Å². The molecular weight excluding hydrogens is 200 g/mol. The van der Waals surface area contributed by atoms with Gasteiger partial charge in [0.2, 0.25) is 5.91 Å². The molecule has 1 aliphatic heterocycles. The molecule has 2 aliphatic rings. The van der Waals surface area contributed by atoms with Crippen molar-refractivity contribution in [2.45, 2.75) is 58.7 Å². The molecule has 1 saturated heterocycles. The third kappa shape index (κ3) is 2.40. The zero-order valence-electron chi connectivity index (χ0n) is 10.7. The van der Waals surface area contributed by atoms with Crippen molar-refractivity contribution >= 4 is 5.91 Å². The summed E-state index contributed by atoms with van der Waals surface area (Å²) in [4.78, 5) is 14.3. The number of nitrogens with one attached hydrogen (secondary N) is 1. The van der Waals surface area contributed by atoms with E-state index in [0.717, 1.165) is 18.9 Å². The number of rotatable bonds is 5. The number of nitrogens with zero attached hydrogens (tertiary/aromatic N) is 1. The molecule has 1 heterocycles. The van der Waals surface area contributed by atoms with Crippen LogP contribution in [0.25, 0.3) is 0 Å². The number of hydrogen-bond acceptors (Lipinski definition) is 2. The maximum atomic E-state index is 12.2. The molecule has 2 fully saturated rings. The van der Waals surface area contributed by atoms with E-state index >= 15 is 0 Å². The van der Waals surface area contributed by atoms with E-state index in [4.69, 9.17) is 0 Å². The molecule has 2 unspecified atom stereocenters. The molecule has 3 nitrogen and oxygen atoms in total. The molecular formula is C13H24N2O. The Morgan fingerprint density at radius 3 is 2.62 bits per heavy atom. The monoisotopic (exact) mass is 224 g/mol. The van der Waals surface area contributed by atoms with Crippen LogP contribution >= 0.6 is 0 Å². The number of carbonyl (C=O) groups excluding carboxylic acids is 1. The van der Waals surface area contributed by atoms with Crippen LogP contribution in [0.4, 0.5) is 0 Å². The molecule has 1 saturated carbocycles. The van der Waals surface area contributed by atoms with E-state index in [1.807, 2.05) is 0 Å². The molecule has 0 radical (unpaired) electrons. The molecule has 2 atom stereocenters. The van der Waals surface area contributed by atoms with Crippen molar-refractivity contribution in [3.63, 3.8) is 0 Å². The van der Waals surface area contributed by atoms with Gasteiger partial charge < -0.3 is 4.90 Å². The maximum absolute atomic E-state index is 12.2. The molecule has 0 bridgehead atoms. The van der Waals surface area contributed by atoms with Crippen LogP contribution in [0.5, 0.6) is 0 Å². The minimum Gasteiger partial charge on any atom is -0.326 e. The van der Waals surface area contributed by atoms with Crippen LogP contribution in [0.2, 0.25) is 0 Å². The van der Waals surface area contributed by atoms with Crippen LogP contribution in [-0.4, -0.2) is 29.6 Å². The largest absolute Gasteiger partial charge is 0.326 e. The maximum Gasteiger partial charge on any atom is 0.241 e. The third-order valence-corrected chi connectivity index (χ3v) is 3.83. The first-order valence-electron chi connectivity index (χ1n) is 6.70. The fourth-order valence-electron chi connectivity index (χ4n) is 2.51. The van der Waals surface area contributed by atoms with Gasteiger partial charge in [-0.2, -0.15) is 0 Å². The Balaban J connectivity index is 1.94. The fraction of sp³-hybridized carbons (Fsp3) is 0.923. The van der Waals surface area contributed by atoms with E-state index in [2.05, 4.69) is 31.0 Å². The quantitative estimate of drug-likeness (QED) is 0.774. The Hall–Kier alpha value is -0.570. The van der Waals surface area contributed by atoms with Crippen LogP contribution in [0.15, 0.2) is 0 Å². The Morgan fingerprint density at radius 2 is 2.12 bits per heavy atom. The topological polar surface area (TPSA) is 32.3 Å². The van der Waals surface area contributed by atoms with Crippen LogP contribution in [0, 0.1) is 11.8 Å². The summed E-state index contributed by atoms with van der Waals surface area (Å²) in [6.45, 7) is 7.34. The van der Waals surface area contributed by atoms with E-state index < -0.39 is 0 Å². The Labute approximate surface area is 98.6 Å². The van der Waals surface area contributed by atoms with Gasteiger partial charge in [0.1, 0.15) is 0 Å². The third-order valence-electron chi connectivity index (χ3n) is 3.83. The summed E-state index contributed by atoms with van der Waals surface area (Å²) < 4.78 is 0. The zero-order valence-corrected chi connectivity index (χ0v) is 10.7. The van der Waals surface area contributed by atoms with Crippen molar-refractivity contribution in [2.75, 3.05) is 6.54 Å². The Morgan fingerprint density at radius 1 is 1.44 bits per heavy atom. The predicted octanol–water partition coefficient (Wildman–Crippen LogP) is 1.98. The summed E-state index contributed by atoms with van der Waals surface area (Å²) in [5, 5.41) is 3.46. The first-order chi connectivity index (χ1) is 7.63. The van der Waals surface area contributed by atoms with Crippen LogP contribution < -0.4 is 5.32 Å². The van der Waals surface area contributed by atoms with Crippen molar-refractivity contribution in [1.29, 1.82) is 0 Å². The van der Waals surface area contributed by atoms with Gasteiger partial charge in [0, 0.05) is 6.54 Å². The highest BCUT2D eigenvalue weighted by molar-refractivity contribution is 5.84. The highest BCUT2D eigenvalue weighted by Gasteiger charge is 2.39. The minimum atomic E-state index is 0.0455. The highest BCUT2D eigenvalue weighted by atomic mass is 16.2. The fourth-order valence-corrected chi connectivity index (χ4v) is 2.51. The predicted molar refractivity (Wildman–Crippen MR) is 64.9 cm³/mol. The van der Waals surface area contributed by atoms with Gasteiger partial charge in [-0.3, -0.25) is 10.1 Å². The molecule has 0 aromatic carbocycles. The Bertz CT molecular complexity index is 261. The van der Waals surface area contributed by atoms with E-state index in [0.29, 0.717) is 11.8 Å². The highest BCUT2D eigenvalue weighted by Crippen LogP contribution is 2.33. The van der Waals surface area contributed by atoms with Crippen molar-refractivity contribution in [2.24, 2.45) is 11.8 Å². The minimum absolute atomic E-state index is 0.0455. The van der Waals surface area contributed by atoms with E-state index in [1.54, 1.807) is 0 Å². The van der Waals surface area contributed by atoms with Crippen molar-refractivity contribution in [3.05, 3.63) is 0 Å². The number of amides is 1. The van der Waals surface area contributed by atoms with Crippen LogP contribution in [0.3, 0.4) is 0 Å². The second-order valence-electron chi connectivity index (χ2n) is 5.58. The molecule has 2 rings (SSSR count). The summed E-state index contributed by atoms with van der Waals surface area (Å²) in [6, 6.07) is 0.0455. The normalized spacial score (nSPS) is 30.5. The molecule has 0 spiro atoms. The van der Waals surface area contributed by atoms with Crippen molar-refractivity contribution in [3.8, 4) is 0 Å². The molecule has 0 aromatic heterocycles. The summed E-state index contributed by atoms with van der Waals surface area (Å²) in [5.41, 5.74) is 0. The summed E-state index contributed by atoms with van der Waals surface area (Å²) in [6.07, 6.45) is 5.24. The number of hydrogen-bond donors (Lipinski definition) is 1. The van der Waals surface area contributed by atoms with Gasteiger partial charge in [0.15, 0.2) is 0 Å². The summed E-state index contributed by atoms with van der Waals surface area (Å²) >= 11 is 0. The molecule has 1 aliphatic carbocycles. The van der Waals surface area contributed by atoms with Gasteiger partial charge in [0.05, 0.1) is 12.2 Å². The lowest BCUT2D eigenvalue weighted by molar-refractivity contribution is -0.130. The zero-order chi connectivity index (χ0) is 11.7. The van der Waals surface area contributed by atoms with Gasteiger partial charge in [-0.15, -0.1) is 0 Å². The first-order valence-corrected chi connectivity index (χ1v) is 6.70. The van der Waals surface area contributed by atoms with E-state index in [1.165, 1.54) is 19.3 Å².